The summed E-state index contributed by atoms with van der Waals surface area (Å²) >= 11 is 0. The van der Waals surface area contributed by atoms with Crippen molar-refractivity contribution >= 4 is 68.6 Å². The van der Waals surface area contributed by atoms with Crippen LogP contribution >= 0.6 is 0 Å². The average Bonchev–Trinajstić information content (AvgIpc) is 3.53. The highest BCUT2D eigenvalue weighted by Gasteiger charge is 2.18. The van der Waals surface area contributed by atoms with Gasteiger partial charge in [-0.3, -0.25) is 25.2 Å². The molecule has 0 spiro atoms. The normalized spacial score (nSPS) is 11.1. The van der Waals surface area contributed by atoms with Gasteiger partial charge in [0.25, 0.3) is 11.8 Å². The number of nitrogens with zero attached hydrogens (tertiary/aromatic N) is 1. The summed E-state index contributed by atoms with van der Waals surface area (Å²) in [5.41, 5.74) is 3.04. The maximum atomic E-state index is 12.6. The lowest BCUT2D eigenvalue weighted by atomic mass is 10.1. The van der Waals surface area contributed by atoms with Crippen molar-refractivity contribution in [3.05, 3.63) is 127 Å². The topological polar surface area (TPSA) is 161 Å². The average molecular weight is 716 g/mol. The van der Waals surface area contributed by atoms with E-state index in [1.54, 1.807) is 108 Å². The first kappa shape index (κ1) is 37.6. The highest BCUT2D eigenvalue weighted by molar-refractivity contribution is 6.12. The minimum Gasteiger partial charge on any atom is -0.451 e. The molecule has 0 atom stereocenters. The fraction of sp³-hybridized carbons (Fsp3) is 0.195. The van der Waals surface area contributed by atoms with Crippen LogP contribution in [0.4, 0.5) is 32.3 Å². The van der Waals surface area contributed by atoms with E-state index in [1.165, 1.54) is 0 Å². The first-order chi connectivity index (χ1) is 25.1. The molecule has 6 rings (SSSR count). The summed E-state index contributed by atoms with van der Waals surface area (Å²) in [4.78, 5) is 52.7. The molecule has 0 saturated carbocycles. The number of anilines is 4. The van der Waals surface area contributed by atoms with Crippen molar-refractivity contribution in [2.45, 2.75) is 52.7 Å². The first-order valence-electron chi connectivity index (χ1n) is 16.8. The summed E-state index contributed by atoms with van der Waals surface area (Å²) in [6.45, 7) is 10.8. The summed E-state index contributed by atoms with van der Waals surface area (Å²) in [7, 11) is 0. The zero-order valence-corrected chi connectivity index (χ0v) is 30.3. The van der Waals surface area contributed by atoms with Gasteiger partial charge in [0.2, 0.25) is 0 Å². The Hall–Kier alpha value is -6.69. The van der Waals surface area contributed by atoms with Gasteiger partial charge in [-0.25, -0.2) is 9.59 Å². The predicted octanol–water partition coefficient (Wildman–Crippen LogP) is 9.87. The van der Waals surface area contributed by atoms with Crippen LogP contribution in [0.3, 0.4) is 0 Å². The molecule has 0 aliphatic heterocycles. The second-order valence-electron chi connectivity index (χ2n) is 13.8. The number of nitrogens with one attached hydrogen (secondary N) is 4. The molecule has 4 amide bonds. The Morgan fingerprint density at radius 1 is 0.547 bits per heavy atom. The molecular weight excluding hydrogens is 674 g/mol. The van der Waals surface area contributed by atoms with Crippen LogP contribution in [0, 0.1) is 0 Å². The van der Waals surface area contributed by atoms with Gasteiger partial charge in [0, 0.05) is 39.7 Å². The van der Waals surface area contributed by atoms with Gasteiger partial charge in [0.1, 0.15) is 16.8 Å². The molecule has 2 heterocycles. The maximum Gasteiger partial charge on any atom is 0.412 e. The summed E-state index contributed by atoms with van der Waals surface area (Å²) in [6, 6.07) is 31.9. The SMILES string of the molecule is CC(C)(C)OC(=O)Nc1ccc(NC(=O)c2cc3ccccc3o2)cc1.CC(C)(C)OC(=O)Nc1ccc(NC(=O)c2cccc3cccnc23)cc1. The van der Waals surface area contributed by atoms with Gasteiger partial charge in [0.15, 0.2) is 5.76 Å². The number of carbonyl (C=O) groups is 4. The van der Waals surface area contributed by atoms with Crippen molar-refractivity contribution in [3.63, 3.8) is 0 Å². The molecular formula is C41H41N5O7. The van der Waals surface area contributed by atoms with Crippen LogP contribution in [0.2, 0.25) is 0 Å². The van der Waals surface area contributed by atoms with Crippen LogP contribution in [0.25, 0.3) is 21.9 Å². The van der Waals surface area contributed by atoms with Gasteiger partial charge in [-0.15, -0.1) is 0 Å². The Labute approximate surface area is 306 Å². The number of pyridine rings is 1. The highest BCUT2D eigenvalue weighted by atomic mass is 16.6. The Bertz CT molecular complexity index is 2190. The fourth-order valence-electron chi connectivity index (χ4n) is 4.89. The van der Waals surface area contributed by atoms with Crippen LogP contribution in [-0.2, 0) is 9.47 Å². The molecule has 0 saturated heterocycles. The van der Waals surface area contributed by atoms with Crippen LogP contribution in [0.1, 0.15) is 62.5 Å². The number of fused-ring (bicyclic) bond motifs is 2. The second-order valence-corrected chi connectivity index (χ2v) is 13.8. The van der Waals surface area contributed by atoms with E-state index >= 15 is 0 Å². The van der Waals surface area contributed by atoms with Crippen molar-refractivity contribution < 1.29 is 33.1 Å². The van der Waals surface area contributed by atoms with Crippen LogP contribution in [0.5, 0.6) is 0 Å². The number of ether oxygens (including phenoxy) is 2. The lowest BCUT2D eigenvalue weighted by Crippen LogP contribution is -2.27. The molecule has 12 nitrogen and oxygen atoms in total. The molecule has 12 heteroatoms. The van der Waals surface area contributed by atoms with Gasteiger partial charge < -0.3 is 24.5 Å². The molecule has 2 aromatic heterocycles. The zero-order valence-electron chi connectivity index (χ0n) is 30.3. The van der Waals surface area contributed by atoms with E-state index in [0.717, 1.165) is 10.8 Å². The summed E-state index contributed by atoms with van der Waals surface area (Å²) in [5, 5.41) is 12.7. The molecule has 6 aromatic rings. The summed E-state index contributed by atoms with van der Waals surface area (Å²) in [6.07, 6.45) is 0.605. The minimum atomic E-state index is -0.565. The summed E-state index contributed by atoms with van der Waals surface area (Å²) in [5.74, 6) is -0.344. The van der Waals surface area contributed by atoms with Crippen LogP contribution in [0.15, 0.2) is 120 Å². The molecule has 53 heavy (non-hydrogen) atoms. The van der Waals surface area contributed by atoms with Gasteiger partial charge in [0.05, 0.1) is 11.1 Å². The van der Waals surface area contributed by atoms with E-state index < -0.39 is 23.4 Å². The third-order valence-electron chi connectivity index (χ3n) is 7.10. The van der Waals surface area contributed by atoms with Crippen molar-refractivity contribution in [2.75, 3.05) is 21.3 Å². The van der Waals surface area contributed by atoms with Crippen LogP contribution in [-0.4, -0.2) is 40.2 Å². The summed E-state index contributed by atoms with van der Waals surface area (Å²) < 4.78 is 15.9. The quantitative estimate of drug-likeness (QED) is 0.133. The monoisotopic (exact) mass is 715 g/mol. The minimum absolute atomic E-state index is 0.238. The number of aromatic nitrogens is 1. The standard InChI is InChI=1S/C21H21N3O3.C20H20N2O4/c1-21(2,3)27-20(26)24-16-11-9-15(10-12-16)23-19(25)17-8-4-6-14-7-5-13-22-18(14)17;1-20(2,3)26-19(24)22-15-10-8-14(9-11-15)21-18(23)17-12-13-6-4-5-7-16(13)25-17/h4-13H,1-3H3,(H,23,25)(H,24,26);4-12H,1-3H3,(H,21,23)(H,22,24). The van der Waals surface area contributed by atoms with Gasteiger partial charge in [-0.2, -0.15) is 0 Å². The van der Waals surface area contributed by atoms with E-state index in [9.17, 15) is 19.2 Å². The van der Waals surface area contributed by atoms with E-state index in [2.05, 4.69) is 26.3 Å². The first-order valence-corrected chi connectivity index (χ1v) is 16.8. The van der Waals surface area contributed by atoms with Crippen molar-refractivity contribution in [3.8, 4) is 0 Å². The van der Waals surface area contributed by atoms with Gasteiger partial charge in [-0.1, -0.05) is 36.4 Å². The number of amides is 4. The molecule has 4 N–H and O–H groups in total. The number of hydrogen-bond acceptors (Lipinski definition) is 8. The van der Waals surface area contributed by atoms with Crippen LogP contribution < -0.4 is 21.3 Å². The third-order valence-corrected chi connectivity index (χ3v) is 7.10. The number of hydrogen-bond donors (Lipinski definition) is 4. The molecule has 0 unspecified atom stereocenters. The van der Waals surface area contributed by atoms with E-state index in [0.29, 0.717) is 39.4 Å². The molecule has 0 aliphatic carbocycles. The Balaban J connectivity index is 0.000000204. The molecule has 4 aromatic carbocycles. The van der Waals surface area contributed by atoms with E-state index in [-0.39, 0.29) is 17.6 Å². The predicted molar refractivity (Wildman–Crippen MR) is 206 cm³/mol. The van der Waals surface area contributed by atoms with Crippen molar-refractivity contribution in [2.24, 2.45) is 0 Å². The van der Waals surface area contributed by atoms with Gasteiger partial charge >= 0.3 is 12.2 Å². The third kappa shape index (κ3) is 11.1. The highest BCUT2D eigenvalue weighted by Crippen LogP contribution is 2.22. The largest absolute Gasteiger partial charge is 0.451 e. The number of furan rings is 1. The van der Waals surface area contributed by atoms with Gasteiger partial charge in [-0.05, 0) is 114 Å². The molecule has 0 aliphatic rings. The fourth-order valence-corrected chi connectivity index (χ4v) is 4.89. The number of carbonyl (C=O) groups excluding carboxylic acids is 4. The maximum absolute atomic E-state index is 12.6. The second kappa shape index (κ2) is 16.1. The molecule has 0 fully saturated rings. The Kier molecular flexibility index (Phi) is 11.4. The number of rotatable bonds is 6. The Morgan fingerprint density at radius 2 is 1.02 bits per heavy atom. The molecule has 0 bridgehead atoms. The van der Waals surface area contributed by atoms with E-state index in [4.69, 9.17) is 13.9 Å². The lowest BCUT2D eigenvalue weighted by molar-refractivity contribution is 0.0624. The van der Waals surface area contributed by atoms with E-state index in [1.807, 2.05) is 48.5 Å². The molecule has 0 radical (unpaired) electrons. The molecule has 272 valence electrons. The lowest BCUT2D eigenvalue weighted by Gasteiger charge is -2.19. The number of para-hydroxylation sites is 2. The Morgan fingerprint density at radius 3 is 1.55 bits per heavy atom. The zero-order chi connectivity index (χ0) is 38.2. The smallest absolute Gasteiger partial charge is 0.412 e. The van der Waals surface area contributed by atoms with Crippen molar-refractivity contribution in [1.82, 2.24) is 4.98 Å². The number of benzene rings is 4. The van der Waals surface area contributed by atoms with Crippen molar-refractivity contribution in [1.29, 1.82) is 0 Å².